The first kappa shape index (κ1) is 14.8. The van der Waals surface area contributed by atoms with Crippen molar-refractivity contribution in [1.29, 1.82) is 0 Å². The molecule has 0 aliphatic carbocycles. The summed E-state index contributed by atoms with van der Waals surface area (Å²) in [5.41, 5.74) is 0. The van der Waals surface area contributed by atoms with E-state index in [9.17, 15) is 14.7 Å². The van der Waals surface area contributed by atoms with Crippen LogP contribution in [0.1, 0.15) is 33.1 Å². The van der Waals surface area contributed by atoms with Crippen LogP contribution in [0.2, 0.25) is 0 Å². The molecule has 2 amide bonds. The summed E-state index contributed by atoms with van der Waals surface area (Å²) in [5.74, 6) is -0.567. The molecule has 18 heavy (non-hydrogen) atoms. The lowest BCUT2D eigenvalue weighted by Crippen LogP contribution is -2.53. The van der Waals surface area contributed by atoms with E-state index in [1.165, 1.54) is 6.92 Å². The number of carbonyl (C=O) groups excluding carboxylic acids is 1. The number of likely N-dealkylation sites (tertiary alicyclic amines) is 1. The first-order valence-electron chi connectivity index (χ1n) is 6.42. The average molecular weight is 258 g/mol. The molecule has 6 heteroatoms. The molecule has 3 N–H and O–H groups in total. The lowest BCUT2D eigenvalue weighted by Gasteiger charge is -2.32. The zero-order valence-corrected chi connectivity index (χ0v) is 10.9. The maximum atomic E-state index is 11.9. The van der Waals surface area contributed by atoms with Crippen molar-refractivity contribution in [2.75, 3.05) is 13.1 Å². The van der Waals surface area contributed by atoms with Crippen molar-refractivity contribution in [1.82, 2.24) is 10.2 Å². The summed E-state index contributed by atoms with van der Waals surface area (Å²) < 4.78 is 0. The van der Waals surface area contributed by atoms with Gasteiger partial charge in [0.15, 0.2) is 6.04 Å². The topological polar surface area (TPSA) is 89.9 Å². The van der Waals surface area contributed by atoms with E-state index in [1.54, 1.807) is 4.90 Å². The van der Waals surface area contributed by atoms with E-state index in [2.05, 4.69) is 12.2 Å². The second kappa shape index (κ2) is 6.58. The van der Waals surface area contributed by atoms with Gasteiger partial charge in [-0.15, -0.1) is 0 Å². The van der Waals surface area contributed by atoms with Crippen LogP contribution in [0.5, 0.6) is 0 Å². The van der Waals surface area contributed by atoms with E-state index < -0.39 is 24.1 Å². The van der Waals surface area contributed by atoms with E-state index in [0.29, 0.717) is 19.0 Å². The number of aliphatic hydroxyl groups is 1. The fourth-order valence-corrected chi connectivity index (χ4v) is 2.16. The highest BCUT2D eigenvalue weighted by Crippen LogP contribution is 2.19. The SMILES string of the molecule is CCC1CCN(C(=O)NC(C(=O)O)C(C)O)CC1. The van der Waals surface area contributed by atoms with Crippen molar-refractivity contribution in [2.24, 2.45) is 5.92 Å². The molecule has 2 unspecified atom stereocenters. The molecule has 0 aromatic heterocycles. The van der Waals surface area contributed by atoms with Crippen molar-refractivity contribution in [3.05, 3.63) is 0 Å². The number of carboxylic acid groups (broad SMARTS) is 1. The third kappa shape index (κ3) is 3.87. The molecular formula is C12H22N2O4. The van der Waals surface area contributed by atoms with Gasteiger partial charge >= 0.3 is 12.0 Å². The normalized spacial score (nSPS) is 20.3. The number of urea groups is 1. The number of aliphatic hydroxyl groups excluding tert-OH is 1. The van der Waals surface area contributed by atoms with Crippen molar-refractivity contribution >= 4 is 12.0 Å². The van der Waals surface area contributed by atoms with E-state index in [1.807, 2.05) is 0 Å². The molecule has 0 aromatic rings. The number of carbonyl (C=O) groups is 2. The van der Waals surface area contributed by atoms with Crippen LogP contribution in [0.15, 0.2) is 0 Å². The lowest BCUT2D eigenvalue weighted by molar-refractivity contribution is -0.141. The minimum Gasteiger partial charge on any atom is -0.480 e. The molecule has 1 heterocycles. The van der Waals surface area contributed by atoms with Gasteiger partial charge in [0, 0.05) is 13.1 Å². The van der Waals surface area contributed by atoms with Crippen LogP contribution < -0.4 is 5.32 Å². The van der Waals surface area contributed by atoms with Gasteiger partial charge in [-0.3, -0.25) is 0 Å². The second-order valence-corrected chi connectivity index (χ2v) is 4.84. The van der Waals surface area contributed by atoms with Crippen molar-refractivity contribution in [3.8, 4) is 0 Å². The lowest BCUT2D eigenvalue weighted by atomic mass is 9.95. The Hall–Kier alpha value is -1.30. The number of aliphatic carboxylic acids is 1. The van der Waals surface area contributed by atoms with Crippen LogP contribution in [0, 0.1) is 5.92 Å². The summed E-state index contributed by atoms with van der Waals surface area (Å²) in [5, 5.41) is 20.5. The highest BCUT2D eigenvalue weighted by molar-refractivity contribution is 5.83. The zero-order chi connectivity index (χ0) is 13.7. The van der Waals surface area contributed by atoms with Crippen LogP contribution in [-0.2, 0) is 4.79 Å². The van der Waals surface area contributed by atoms with E-state index in [4.69, 9.17) is 5.11 Å². The van der Waals surface area contributed by atoms with Crippen LogP contribution in [-0.4, -0.2) is 52.3 Å². The summed E-state index contributed by atoms with van der Waals surface area (Å²) in [4.78, 5) is 24.3. The standard InChI is InChI=1S/C12H22N2O4/c1-3-9-4-6-14(7-5-9)12(18)13-10(8(2)15)11(16)17/h8-10,15H,3-7H2,1-2H3,(H,13,18)(H,16,17). The fraction of sp³-hybridized carbons (Fsp3) is 0.833. The highest BCUT2D eigenvalue weighted by atomic mass is 16.4. The maximum absolute atomic E-state index is 11.9. The molecule has 0 bridgehead atoms. The second-order valence-electron chi connectivity index (χ2n) is 4.84. The smallest absolute Gasteiger partial charge is 0.328 e. The number of amides is 2. The minimum atomic E-state index is -1.25. The Morgan fingerprint density at radius 3 is 2.33 bits per heavy atom. The molecule has 0 aromatic carbocycles. The molecule has 0 saturated carbocycles. The molecule has 2 atom stereocenters. The quantitative estimate of drug-likeness (QED) is 0.690. The van der Waals surface area contributed by atoms with Gasteiger partial charge < -0.3 is 20.4 Å². The Bertz CT molecular complexity index is 298. The summed E-state index contributed by atoms with van der Waals surface area (Å²) in [6, 6.07) is -1.65. The van der Waals surface area contributed by atoms with Crippen LogP contribution in [0.25, 0.3) is 0 Å². The predicted molar refractivity (Wildman–Crippen MR) is 66.2 cm³/mol. The monoisotopic (exact) mass is 258 g/mol. The number of nitrogens with one attached hydrogen (secondary N) is 1. The predicted octanol–water partition coefficient (Wildman–Crippen LogP) is 0.652. The number of nitrogens with zero attached hydrogens (tertiary/aromatic N) is 1. The third-order valence-electron chi connectivity index (χ3n) is 3.51. The Morgan fingerprint density at radius 2 is 1.94 bits per heavy atom. The summed E-state index contributed by atoms with van der Waals surface area (Å²) in [6.07, 6.45) is 1.91. The summed E-state index contributed by atoms with van der Waals surface area (Å²) in [7, 11) is 0. The molecular weight excluding hydrogens is 236 g/mol. The third-order valence-corrected chi connectivity index (χ3v) is 3.51. The van der Waals surface area contributed by atoms with Crippen molar-refractivity contribution < 1.29 is 19.8 Å². The molecule has 1 aliphatic rings. The van der Waals surface area contributed by atoms with Crippen LogP contribution in [0.3, 0.4) is 0 Å². The van der Waals surface area contributed by atoms with Gasteiger partial charge in [-0.2, -0.15) is 0 Å². The van der Waals surface area contributed by atoms with E-state index in [0.717, 1.165) is 19.3 Å². The van der Waals surface area contributed by atoms with Gasteiger partial charge in [0.2, 0.25) is 0 Å². The van der Waals surface area contributed by atoms with Gasteiger partial charge in [-0.1, -0.05) is 13.3 Å². The van der Waals surface area contributed by atoms with Crippen molar-refractivity contribution in [2.45, 2.75) is 45.3 Å². The number of carboxylic acids is 1. The first-order chi connectivity index (χ1) is 8.45. The molecule has 0 radical (unpaired) electrons. The molecule has 0 spiro atoms. The zero-order valence-electron chi connectivity index (χ0n) is 10.9. The van der Waals surface area contributed by atoms with Gasteiger partial charge in [0.25, 0.3) is 0 Å². The van der Waals surface area contributed by atoms with Gasteiger partial charge in [0.1, 0.15) is 0 Å². The summed E-state index contributed by atoms with van der Waals surface area (Å²) in [6.45, 7) is 4.78. The molecule has 104 valence electrons. The van der Waals surface area contributed by atoms with Gasteiger partial charge in [-0.25, -0.2) is 9.59 Å². The van der Waals surface area contributed by atoms with Crippen LogP contribution >= 0.6 is 0 Å². The Morgan fingerprint density at radius 1 is 1.39 bits per heavy atom. The van der Waals surface area contributed by atoms with Gasteiger partial charge in [0.05, 0.1) is 6.10 Å². The Labute approximate surface area is 107 Å². The number of rotatable bonds is 4. The number of hydrogen-bond donors (Lipinski definition) is 3. The average Bonchev–Trinajstić information content (AvgIpc) is 2.35. The Kier molecular flexibility index (Phi) is 5.40. The Balaban J connectivity index is 2.48. The van der Waals surface area contributed by atoms with Crippen molar-refractivity contribution in [3.63, 3.8) is 0 Å². The van der Waals surface area contributed by atoms with E-state index in [-0.39, 0.29) is 0 Å². The van der Waals surface area contributed by atoms with Gasteiger partial charge in [-0.05, 0) is 25.7 Å². The summed E-state index contributed by atoms with van der Waals surface area (Å²) >= 11 is 0. The largest absolute Gasteiger partial charge is 0.480 e. The maximum Gasteiger partial charge on any atom is 0.328 e. The molecule has 1 aliphatic heterocycles. The minimum absolute atomic E-state index is 0.405. The van der Waals surface area contributed by atoms with E-state index >= 15 is 0 Å². The number of piperidine rings is 1. The molecule has 1 saturated heterocycles. The molecule has 1 rings (SSSR count). The first-order valence-corrected chi connectivity index (χ1v) is 6.42. The molecule has 6 nitrogen and oxygen atoms in total. The van der Waals surface area contributed by atoms with Crippen LogP contribution in [0.4, 0.5) is 4.79 Å². The number of hydrogen-bond acceptors (Lipinski definition) is 3. The highest BCUT2D eigenvalue weighted by Gasteiger charge is 2.28. The fourth-order valence-electron chi connectivity index (χ4n) is 2.16. The molecule has 1 fully saturated rings.